The molecule has 0 aromatic carbocycles. The number of ether oxygens (including phenoxy) is 2. The summed E-state index contributed by atoms with van der Waals surface area (Å²) in [5, 5.41) is 9.68. The van der Waals surface area contributed by atoms with Crippen LogP contribution in [0.25, 0.3) is 0 Å². The van der Waals surface area contributed by atoms with Gasteiger partial charge in [-0.1, -0.05) is 34.6 Å². The van der Waals surface area contributed by atoms with Gasteiger partial charge in [0.1, 0.15) is 0 Å². The van der Waals surface area contributed by atoms with E-state index >= 15 is 0 Å². The summed E-state index contributed by atoms with van der Waals surface area (Å²) in [5.74, 6) is -0.304. The zero-order chi connectivity index (χ0) is 17.3. The number of rotatable bonds is 6. The molecule has 1 aliphatic rings. The predicted octanol–water partition coefficient (Wildman–Crippen LogP) is 3.79. The minimum Gasteiger partial charge on any atom is -0.416 e. The molecule has 1 rings (SSSR count). The van der Waals surface area contributed by atoms with Gasteiger partial charge in [0, 0.05) is 25.0 Å². The molecule has 1 heterocycles. The lowest BCUT2D eigenvalue weighted by atomic mass is 9.93. The molecule has 0 amide bonds. The molecule has 5 heteroatoms. The van der Waals surface area contributed by atoms with Crippen molar-refractivity contribution in [3.8, 4) is 0 Å². The van der Waals surface area contributed by atoms with Crippen molar-refractivity contribution < 1.29 is 19.0 Å². The Morgan fingerprint density at radius 2 is 1.55 bits per heavy atom. The van der Waals surface area contributed by atoms with Crippen LogP contribution in [0.2, 0.25) is 18.1 Å². The van der Waals surface area contributed by atoms with Crippen molar-refractivity contribution in [2.45, 2.75) is 84.6 Å². The Balaban J connectivity index is 2.73. The second kappa shape index (κ2) is 6.89. The van der Waals surface area contributed by atoms with E-state index in [1.165, 1.54) is 0 Å². The molecule has 0 saturated carbocycles. The molecule has 0 radical (unpaired) electrons. The van der Waals surface area contributed by atoms with Gasteiger partial charge in [0.25, 0.3) is 0 Å². The zero-order valence-corrected chi connectivity index (χ0v) is 16.9. The van der Waals surface area contributed by atoms with E-state index in [4.69, 9.17) is 13.9 Å². The van der Waals surface area contributed by atoms with Crippen LogP contribution in [0.4, 0.5) is 0 Å². The van der Waals surface area contributed by atoms with Crippen LogP contribution in [0.3, 0.4) is 0 Å². The zero-order valence-electron chi connectivity index (χ0n) is 15.9. The fourth-order valence-electron chi connectivity index (χ4n) is 2.45. The van der Waals surface area contributed by atoms with Crippen LogP contribution in [-0.4, -0.2) is 44.6 Å². The first-order valence-corrected chi connectivity index (χ1v) is 11.3. The van der Waals surface area contributed by atoms with E-state index in [-0.39, 0.29) is 35.7 Å². The molecule has 22 heavy (non-hydrogen) atoms. The Bertz CT molecular complexity index is 362. The van der Waals surface area contributed by atoms with Crippen LogP contribution in [0.5, 0.6) is 0 Å². The van der Waals surface area contributed by atoms with Gasteiger partial charge in [-0.05, 0) is 32.0 Å². The topological polar surface area (TPSA) is 47.9 Å². The molecule has 1 N–H and O–H groups in total. The maximum atomic E-state index is 9.47. The maximum Gasteiger partial charge on any atom is 0.191 e. The molecular weight excluding hydrogens is 296 g/mol. The summed E-state index contributed by atoms with van der Waals surface area (Å²) in [4.78, 5) is 0. The van der Waals surface area contributed by atoms with Crippen molar-refractivity contribution in [2.24, 2.45) is 11.8 Å². The van der Waals surface area contributed by atoms with Crippen LogP contribution >= 0.6 is 0 Å². The van der Waals surface area contributed by atoms with Crippen LogP contribution < -0.4 is 0 Å². The van der Waals surface area contributed by atoms with Crippen molar-refractivity contribution >= 4 is 8.32 Å². The molecule has 0 aromatic rings. The Labute approximate surface area is 137 Å². The van der Waals surface area contributed by atoms with Crippen molar-refractivity contribution in [3.05, 3.63) is 0 Å². The monoisotopic (exact) mass is 332 g/mol. The molecule has 4 atom stereocenters. The maximum absolute atomic E-state index is 9.47. The minimum atomic E-state index is -1.76. The smallest absolute Gasteiger partial charge is 0.191 e. The van der Waals surface area contributed by atoms with Crippen LogP contribution in [0.15, 0.2) is 0 Å². The molecule has 0 bridgehead atoms. The Morgan fingerprint density at radius 3 is 1.95 bits per heavy atom. The van der Waals surface area contributed by atoms with Crippen LogP contribution in [-0.2, 0) is 13.9 Å². The third-order valence-corrected chi connectivity index (χ3v) is 9.59. The van der Waals surface area contributed by atoms with Gasteiger partial charge in [0.15, 0.2) is 14.1 Å². The molecule has 1 saturated heterocycles. The first kappa shape index (κ1) is 20.1. The highest BCUT2D eigenvalue weighted by molar-refractivity contribution is 6.74. The van der Waals surface area contributed by atoms with Crippen molar-refractivity contribution in [1.82, 2.24) is 0 Å². The Kier molecular flexibility index (Phi) is 6.30. The van der Waals surface area contributed by atoms with Gasteiger partial charge in [-0.15, -0.1) is 0 Å². The van der Waals surface area contributed by atoms with Crippen molar-refractivity contribution in [1.29, 1.82) is 0 Å². The lowest BCUT2D eigenvalue weighted by molar-refractivity contribution is -0.154. The van der Waals surface area contributed by atoms with E-state index in [9.17, 15) is 5.11 Å². The number of aliphatic hydroxyl groups is 1. The molecule has 1 aliphatic heterocycles. The third kappa shape index (κ3) is 4.77. The average molecular weight is 333 g/mol. The van der Waals surface area contributed by atoms with E-state index < -0.39 is 14.1 Å². The molecule has 0 aliphatic carbocycles. The summed E-state index contributed by atoms with van der Waals surface area (Å²) in [6.45, 7) is 20.1. The second-order valence-electron chi connectivity index (χ2n) is 8.77. The molecule has 132 valence electrons. The first-order chi connectivity index (χ1) is 9.81. The summed E-state index contributed by atoms with van der Waals surface area (Å²) >= 11 is 0. The number of hydrogen-bond acceptors (Lipinski definition) is 4. The third-order valence-electron chi connectivity index (χ3n) is 5.09. The van der Waals surface area contributed by atoms with Crippen LogP contribution in [0.1, 0.15) is 48.5 Å². The van der Waals surface area contributed by atoms with E-state index in [1.807, 2.05) is 20.8 Å². The fraction of sp³-hybridized carbons (Fsp3) is 1.00. The number of aliphatic hydroxyl groups excluding tert-OH is 1. The summed E-state index contributed by atoms with van der Waals surface area (Å²) in [6, 6.07) is 0. The minimum absolute atomic E-state index is 0.0399. The number of hydrogen-bond donors (Lipinski definition) is 1. The van der Waals surface area contributed by atoms with Gasteiger partial charge in [-0.3, -0.25) is 0 Å². The predicted molar refractivity (Wildman–Crippen MR) is 92.4 cm³/mol. The molecule has 0 unspecified atom stereocenters. The van der Waals surface area contributed by atoms with Gasteiger partial charge < -0.3 is 19.0 Å². The Morgan fingerprint density at radius 1 is 1.09 bits per heavy atom. The van der Waals surface area contributed by atoms with Crippen molar-refractivity contribution in [3.63, 3.8) is 0 Å². The lowest BCUT2D eigenvalue weighted by Gasteiger charge is -2.38. The van der Waals surface area contributed by atoms with Gasteiger partial charge >= 0.3 is 0 Å². The fourth-order valence-corrected chi connectivity index (χ4v) is 3.56. The highest BCUT2D eigenvalue weighted by Crippen LogP contribution is 2.39. The molecule has 4 nitrogen and oxygen atoms in total. The van der Waals surface area contributed by atoms with Gasteiger partial charge in [0.05, 0.1) is 12.2 Å². The highest BCUT2D eigenvalue weighted by atomic mass is 28.4. The summed E-state index contributed by atoms with van der Waals surface area (Å²) in [7, 11) is -1.76. The molecular formula is C17H36O4Si. The summed E-state index contributed by atoms with van der Waals surface area (Å²) in [6.07, 6.45) is -0.125. The first-order valence-electron chi connectivity index (χ1n) is 8.41. The van der Waals surface area contributed by atoms with Crippen molar-refractivity contribution in [2.75, 3.05) is 13.2 Å². The van der Waals surface area contributed by atoms with E-state index in [0.29, 0.717) is 6.61 Å². The van der Waals surface area contributed by atoms with Crippen LogP contribution in [0, 0.1) is 11.8 Å². The van der Waals surface area contributed by atoms with E-state index in [1.54, 1.807) is 0 Å². The lowest BCUT2D eigenvalue weighted by Crippen LogP contribution is -2.44. The Hall–Kier alpha value is 0.0569. The van der Waals surface area contributed by atoms with Gasteiger partial charge in [-0.25, -0.2) is 0 Å². The summed E-state index contributed by atoms with van der Waals surface area (Å²) < 4.78 is 18.4. The molecule has 0 aromatic heterocycles. The standard InChI is InChI=1S/C17H36O4Si/c1-12(10-18)14-15(21-17(6,7)20-14)13(2)11-19-22(8,9)16(3,4)5/h12-15,18H,10-11H2,1-9H3/t12-,13-,14-,15-/m0/s1. The van der Waals surface area contributed by atoms with Gasteiger partial charge in [0.2, 0.25) is 0 Å². The average Bonchev–Trinajstić information content (AvgIpc) is 2.70. The molecule has 1 fully saturated rings. The van der Waals surface area contributed by atoms with E-state index in [0.717, 1.165) is 0 Å². The highest BCUT2D eigenvalue weighted by Gasteiger charge is 2.46. The largest absolute Gasteiger partial charge is 0.416 e. The molecule has 0 spiro atoms. The van der Waals surface area contributed by atoms with E-state index in [2.05, 4.69) is 40.8 Å². The normalized spacial score (nSPS) is 28.6. The van der Waals surface area contributed by atoms with Gasteiger partial charge in [-0.2, -0.15) is 0 Å². The summed E-state index contributed by atoms with van der Waals surface area (Å²) in [5.41, 5.74) is 0. The second-order valence-corrected chi connectivity index (χ2v) is 13.6. The SMILES string of the molecule is C[C@@H](CO)[C@@H]1OC(C)(C)O[C@H]1[C@@H](C)CO[Si](C)(C)C(C)(C)C. The quantitative estimate of drug-likeness (QED) is 0.752.